The summed E-state index contributed by atoms with van der Waals surface area (Å²) >= 11 is 0. The standard InChI is InChI=1S/C15H19NO2S/c1-5-11-16(12-10-13(2)3)19(17,18)15-8-6-14(4)7-9-15/h1,6-10H,11-12H2,2-4H3/i1D. The van der Waals surface area contributed by atoms with Crippen LogP contribution in [-0.2, 0) is 10.0 Å². The van der Waals surface area contributed by atoms with Crippen LogP contribution in [0.25, 0.3) is 0 Å². The molecule has 0 unspecified atom stereocenters. The van der Waals surface area contributed by atoms with Gasteiger partial charge < -0.3 is 0 Å². The first-order chi connectivity index (χ1) is 9.37. The van der Waals surface area contributed by atoms with Crippen molar-refractivity contribution in [3.8, 4) is 12.3 Å². The zero-order valence-corrected chi connectivity index (χ0v) is 12.3. The molecule has 0 saturated heterocycles. The Kier molecular flexibility index (Phi) is 4.78. The maximum atomic E-state index is 12.5. The highest BCUT2D eigenvalue weighted by Gasteiger charge is 2.22. The van der Waals surface area contributed by atoms with Crippen molar-refractivity contribution in [2.24, 2.45) is 0 Å². The first-order valence-corrected chi connectivity index (χ1v) is 7.41. The number of benzene rings is 1. The van der Waals surface area contributed by atoms with Crippen LogP contribution in [-0.4, -0.2) is 25.8 Å². The van der Waals surface area contributed by atoms with Crippen molar-refractivity contribution in [2.75, 3.05) is 13.1 Å². The number of terminal acetylenes is 1. The second-order valence-corrected chi connectivity index (χ2v) is 6.51. The maximum absolute atomic E-state index is 12.5. The van der Waals surface area contributed by atoms with E-state index in [1.165, 1.54) is 4.31 Å². The van der Waals surface area contributed by atoms with E-state index in [0.29, 0.717) is 0 Å². The van der Waals surface area contributed by atoms with Gasteiger partial charge in [-0.25, -0.2) is 8.42 Å². The Morgan fingerprint density at radius 2 is 2.05 bits per heavy atom. The molecule has 0 fully saturated rings. The molecule has 0 amide bonds. The number of nitrogens with zero attached hydrogens (tertiary/aromatic N) is 1. The summed E-state index contributed by atoms with van der Waals surface area (Å²) in [6, 6.07) is 6.72. The normalized spacial score (nSPS) is 11.5. The fourth-order valence-electron chi connectivity index (χ4n) is 1.48. The topological polar surface area (TPSA) is 37.4 Å². The summed E-state index contributed by atoms with van der Waals surface area (Å²) in [5.41, 5.74) is 2.04. The molecule has 0 radical (unpaired) electrons. The van der Waals surface area contributed by atoms with Gasteiger partial charge in [0.15, 0.2) is 0 Å². The van der Waals surface area contributed by atoms with E-state index in [2.05, 4.69) is 5.92 Å². The largest absolute Gasteiger partial charge is 0.244 e. The molecule has 0 aliphatic carbocycles. The molecule has 0 aliphatic heterocycles. The summed E-state index contributed by atoms with van der Waals surface area (Å²) < 4.78 is 33.2. The van der Waals surface area contributed by atoms with E-state index in [1.807, 2.05) is 33.2 Å². The van der Waals surface area contributed by atoms with Gasteiger partial charge in [0.1, 0.15) is 1.37 Å². The minimum Gasteiger partial charge on any atom is -0.207 e. The van der Waals surface area contributed by atoms with Crippen LogP contribution in [0.1, 0.15) is 20.8 Å². The second-order valence-electron chi connectivity index (χ2n) is 4.57. The summed E-state index contributed by atoms with van der Waals surface area (Å²) in [4.78, 5) is 0.247. The molecule has 1 rings (SSSR count). The third-order valence-electron chi connectivity index (χ3n) is 2.62. The Morgan fingerprint density at radius 3 is 2.58 bits per heavy atom. The van der Waals surface area contributed by atoms with Crippen LogP contribution < -0.4 is 0 Å². The molecule has 0 bridgehead atoms. The minimum atomic E-state index is -3.58. The number of rotatable bonds is 5. The summed E-state index contributed by atoms with van der Waals surface area (Å²) in [6.45, 7) is 6.00. The van der Waals surface area contributed by atoms with Crippen molar-refractivity contribution in [3.63, 3.8) is 0 Å². The van der Waals surface area contributed by atoms with E-state index in [-0.39, 0.29) is 18.0 Å². The monoisotopic (exact) mass is 278 g/mol. The Balaban J connectivity index is 3.11. The lowest BCUT2D eigenvalue weighted by Gasteiger charge is -2.18. The van der Waals surface area contributed by atoms with Gasteiger partial charge in [0.2, 0.25) is 10.0 Å². The van der Waals surface area contributed by atoms with Crippen molar-refractivity contribution >= 4 is 10.0 Å². The molecule has 1 aromatic rings. The van der Waals surface area contributed by atoms with Crippen LogP contribution in [0, 0.1) is 19.2 Å². The van der Waals surface area contributed by atoms with Gasteiger partial charge in [-0.1, -0.05) is 35.3 Å². The minimum absolute atomic E-state index is 0.0174. The first kappa shape index (κ1) is 13.9. The number of hydrogen-bond donors (Lipinski definition) is 0. The van der Waals surface area contributed by atoms with Gasteiger partial charge in [-0.2, -0.15) is 4.31 Å². The molecule has 0 atom stereocenters. The number of allylic oxidation sites excluding steroid dienone is 1. The Morgan fingerprint density at radius 1 is 1.42 bits per heavy atom. The molecule has 0 aliphatic rings. The van der Waals surface area contributed by atoms with Crippen LogP contribution in [0.15, 0.2) is 40.8 Å². The van der Waals surface area contributed by atoms with E-state index in [0.717, 1.165) is 11.1 Å². The average Bonchev–Trinajstić information content (AvgIpc) is 2.38. The van der Waals surface area contributed by atoms with Crippen LogP contribution >= 0.6 is 0 Å². The van der Waals surface area contributed by atoms with Crippen molar-refractivity contribution < 1.29 is 9.79 Å². The highest BCUT2D eigenvalue weighted by Crippen LogP contribution is 2.16. The van der Waals surface area contributed by atoms with Gasteiger partial charge >= 0.3 is 0 Å². The molecule has 19 heavy (non-hydrogen) atoms. The molecular formula is C15H19NO2S. The zero-order valence-electron chi connectivity index (χ0n) is 12.5. The molecule has 0 saturated carbocycles. The van der Waals surface area contributed by atoms with Gasteiger partial charge in [-0.3, -0.25) is 0 Å². The third kappa shape index (κ3) is 4.23. The van der Waals surface area contributed by atoms with Gasteiger partial charge in [0.25, 0.3) is 0 Å². The van der Waals surface area contributed by atoms with E-state index in [4.69, 9.17) is 1.37 Å². The Labute approximate surface area is 117 Å². The zero-order chi connectivity index (χ0) is 15.2. The van der Waals surface area contributed by atoms with Crippen molar-refractivity contribution in [3.05, 3.63) is 41.5 Å². The lowest BCUT2D eigenvalue weighted by Crippen LogP contribution is -2.31. The lowest BCUT2D eigenvalue weighted by atomic mass is 10.2. The molecular weight excluding hydrogens is 258 g/mol. The van der Waals surface area contributed by atoms with Gasteiger partial charge in [-0.15, -0.1) is 6.40 Å². The summed E-state index contributed by atoms with van der Waals surface area (Å²) in [6.07, 6.45) is 3.82. The number of sulfonamides is 1. The number of hydrogen-bond acceptors (Lipinski definition) is 2. The molecule has 0 N–H and O–H groups in total. The smallest absolute Gasteiger partial charge is 0.207 e. The van der Waals surface area contributed by atoms with Crippen LogP contribution in [0.4, 0.5) is 0 Å². The van der Waals surface area contributed by atoms with Crippen LogP contribution in [0.2, 0.25) is 0 Å². The van der Waals surface area contributed by atoms with Gasteiger partial charge in [0, 0.05) is 6.54 Å². The second kappa shape index (κ2) is 6.55. The quantitative estimate of drug-likeness (QED) is 0.613. The van der Waals surface area contributed by atoms with E-state index < -0.39 is 10.0 Å². The van der Waals surface area contributed by atoms with Crippen LogP contribution in [0.3, 0.4) is 0 Å². The fourth-order valence-corrected chi connectivity index (χ4v) is 2.76. The molecule has 102 valence electrons. The molecule has 4 heteroatoms. The maximum Gasteiger partial charge on any atom is 0.244 e. The average molecular weight is 278 g/mol. The molecule has 0 aromatic heterocycles. The number of aryl methyl sites for hydroxylation is 1. The molecule has 0 heterocycles. The van der Waals surface area contributed by atoms with E-state index in [9.17, 15) is 8.42 Å². The highest BCUT2D eigenvalue weighted by atomic mass is 32.2. The van der Waals surface area contributed by atoms with E-state index >= 15 is 0 Å². The van der Waals surface area contributed by atoms with E-state index in [1.54, 1.807) is 24.3 Å². The molecule has 1 aromatic carbocycles. The fraction of sp³-hybridized carbons (Fsp3) is 0.333. The van der Waals surface area contributed by atoms with Crippen molar-refractivity contribution in [2.45, 2.75) is 25.7 Å². The first-order valence-electron chi connectivity index (χ1n) is 6.47. The van der Waals surface area contributed by atoms with Crippen molar-refractivity contribution in [1.82, 2.24) is 4.31 Å². The van der Waals surface area contributed by atoms with Crippen LogP contribution in [0.5, 0.6) is 0 Å². The molecule has 0 spiro atoms. The third-order valence-corrected chi connectivity index (χ3v) is 4.44. The van der Waals surface area contributed by atoms with Gasteiger partial charge in [0.05, 0.1) is 11.4 Å². The highest BCUT2D eigenvalue weighted by molar-refractivity contribution is 7.89. The summed E-state index contributed by atoms with van der Waals surface area (Å²) in [5.74, 6) is 2.49. The summed E-state index contributed by atoms with van der Waals surface area (Å²) in [5, 5.41) is 0. The Bertz CT molecular complexity index is 633. The summed E-state index contributed by atoms with van der Waals surface area (Å²) in [7, 11) is -3.58. The lowest BCUT2D eigenvalue weighted by molar-refractivity contribution is 0.477. The predicted octanol–water partition coefficient (Wildman–Crippen LogP) is 2.59. The SMILES string of the molecule is [2H]C#CCN(CC=C(C)C)S(=O)(=O)c1ccc(C)cc1. The van der Waals surface area contributed by atoms with Gasteiger partial charge in [-0.05, 0) is 32.9 Å². The Hall–Kier alpha value is -1.57. The molecule has 3 nitrogen and oxygen atoms in total. The van der Waals surface area contributed by atoms with Crippen molar-refractivity contribution in [1.29, 1.82) is 0 Å². The predicted molar refractivity (Wildman–Crippen MR) is 78.2 cm³/mol.